The number of rotatable bonds is 10. The summed E-state index contributed by atoms with van der Waals surface area (Å²) >= 11 is 0. The summed E-state index contributed by atoms with van der Waals surface area (Å²) in [6.45, 7) is 5.66. The molecule has 1 rings (SSSR count). The van der Waals surface area contributed by atoms with Crippen molar-refractivity contribution in [3.8, 4) is 0 Å². The van der Waals surface area contributed by atoms with Crippen LogP contribution < -0.4 is 0 Å². The molecule has 154 valence electrons. The van der Waals surface area contributed by atoms with Crippen molar-refractivity contribution in [2.45, 2.75) is 20.3 Å². The fourth-order valence-corrected chi connectivity index (χ4v) is 2.48. The lowest BCUT2D eigenvalue weighted by atomic mass is 10.4. The molecule has 0 spiro atoms. The predicted octanol–water partition coefficient (Wildman–Crippen LogP) is -0.793. The van der Waals surface area contributed by atoms with Gasteiger partial charge in [-0.1, -0.05) is 0 Å². The molecule has 0 saturated carbocycles. The molecule has 0 N–H and O–H groups in total. The van der Waals surface area contributed by atoms with E-state index in [1.165, 1.54) is 0 Å². The zero-order valence-electron chi connectivity index (χ0n) is 15.9. The Morgan fingerprint density at radius 3 is 1.41 bits per heavy atom. The van der Waals surface area contributed by atoms with Crippen molar-refractivity contribution in [2.75, 3.05) is 65.7 Å². The molecule has 1 saturated heterocycles. The first-order valence-electron chi connectivity index (χ1n) is 9.01. The van der Waals surface area contributed by atoms with Crippen LogP contribution in [0.4, 0.5) is 0 Å². The van der Waals surface area contributed by atoms with E-state index >= 15 is 0 Å². The van der Waals surface area contributed by atoms with Gasteiger partial charge in [-0.15, -0.1) is 0 Å². The van der Waals surface area contributed by atoms with Crippen molar-refractivity contribution in [1.82, 2.24) is 9.80 Å². The van der Waals surface area contributed by atoms with Gasteiger partial charge in [-0.25, -0.2) is 9.59 Å². The van der Waals surface area contributed by atoms with Crippen molar-refractivity contribution < 1.29 is 38.1 Å². The molecule has 0 aromatic rings. The van der Waals surface area contributed by atoms with Crippen LogP contribution in [0.25, 0.3) is 0 Å². The third kappa shape index (κ3) is 10.5. The number of nitrogens with zero attached hydrogens (tertiary/aromatic N) is 2. The third-order valence-corrected chi connectivity index (χ3v) is 3.70. The van der Waals surface area contributed by atoms with E-state index in [9.17, 15) is 19.2 Å². The van der Waals surface area contributed by atoms with Crippen molar-refractivity contribution in [1.29, 1.82) is 0 Å². The van der Waals surface area contributed by atoms with Crippen LogP contribution in [-0.4, -0.2) is 99.4 Å². The maximum absolute atomic E-state index is 11.8. The molecule has 0 aromatic heterocycles. The summed E-state index contributed by atoms with van der Waals surface area (Å²) in [4.78, 5) is 49.7. The Labute approximate surface area is 158 Å². The lowest BCUT2D eigenvalue weighted by Crippen LogP contribution is -2.37. The smallest absolute Gasteiger partial charge is 0.344 e. The Kier molecular flexibility index (Phi) is 11.0. The molecule has 10 nitrogen and oxygen atoms in total. The van der Waals surface area contributed by atoms with E-state index in [-0.39, 0.29) is 39.5 Å². The second-order valence-corrected chi connectivity index (χ2v) is 5.84. The maximum Gasteiger partial charge on any atom is 0.344 e. The quantitative estimate of drug-likeness (QED) is 0.348. The number of hydrogen-bond donors (Lipinski definition) is 0. The molecule has 0 radical (unpaired) electrons. The van der Waals surface area contributed by atoms with Crippen molar-refractivity contribution in [3.05, 3.63) is 0 Å². The van der Waals surface area contributed by atoms with Crippen molar-refractivity contribution in [2.24, 2.45) is 0 Å². The molecule has 0 aromatic carbocycles. The van der Waals surface area contributed by atoms with Crippen LogP contribution in [-0.2, 0) is 38.1 Å². The molecule has 0 amide bonds. The van der Waals surface area contributed by atoms with Crippen molar-refractivity contribution >= 4 is 23.9 Å². The van der Waals surface area contributed by atoms with Crippen LogP contribution in [0.15, 0.2) is 0 Å². The topological polar surface area (TPSA) is 112 Å². The van der Waals surface area contributed by atoms with Gasteiger partial charge in [0.25, 0.3) is 0 Å². The lowest BCUT2D eigenvalue weighted by Gasteiger charge is -2.20. The average Bonchev–Trinajstić information content (AvgIpc) is 2.84. The minimum atomic E-state index is -0.575. The summed E-state index contributed by atoms with van der Waals surface area (Å²) < 4.78 is 19.1. The van der Waals surface area contributed by atoms with Gasteiger partial charge in [0.05, 0.1) is 26.3 Å². The van der Waals surface area contributed by atoms with Gasteiger partial charge in [-0.2, -0.15) is 0 Å². The minimum Gasteiger partial charge on any atom is -0.463 e. The van der Waals surface area contributed by atoms with Gasteiger partial charge >= 0.3 is 23.9 Å². The van der Waals surface area contributed by atoms with E-state index in [4.69, 9.17) is 18.9 Å². The summed E-state index contributed by atoms with van der Waals surface area (Å²) in [7, 11) is 0. The zero-order valence-corrected chi connectivity index (χ0v) is 15.9. The van der Waals surface area contributed by atoms with Gasteiger partial charge in [0.15, 0.2) is 13.2 Å². The molecular weight excluding hydrogens is 360 g/mol. The summed E-state index contributed by atoms with van der Waals surface area (Å²) in [5, 5.41) is 0. The highest BCUT2D eigenvalue weighted by Crippen LogP contribution is 2.04. The molecule has 1 heterocycles. The summed E-state index contributed by atoms with van der Waals surface area (Å²) in [5.41, 5.74) is 0. The van der Waals surface area contributed by atoms with E-state index in [0.717, 1.165) is 6.42 Å². The SMILES string of the molecule is CCOC(=O)COC(=O)CN1CCCN(CC(=O)OCC(=O)OCC)CC1. The van der Waals surface area contributed by atoms with E-state index in [1.54, 1.807) is 13.8 Å². The first-order chi connectivity index (χ1) is 12.9. The second kappa shape index (κ2) is 13.0. The number of esters is 4. The van der Waals surface area contributed by atoms with Crippen LogP contribution in [0.1, 0.15) is 20.3 Å². The van der Waals surface area contributed by atoms with Gasteiger partial charge in [-0.05, 0) is 20.3 Å². The Bertz CT molecular complexity index is 467. The monoisotopic (exact) mass is 388 g/mol. The molecule has 1 aliphatic heterocycles. The molecule has 0 atom stereocenters. The maximum atomic E-state index is 11.8. The van der Waals surface area contributed by atoms with Crippen LogP contribution >= 0.6 is 0 Å². The highest BCUT2D eigenvalue weighted by atomic mass is 16.6. The summed E-state index contributed by atoms with van der Waals surface area (Å²) in [6.07, 6.45) is 0.760. The highest BCUT2D eigenvalue weighted by molar-refractivity contribution is 5.78. The number of carbonyl (C=O) groups is 4. The molecular formula is C17H28N2O8. The molecule has 27 heavy (non-hydrogen) atoms. The minimum absolute atomic E-state index is 0.0700. The predicted molar refractivity (Wildman–Crippen MR) is 92.7 cm³/mol. The third-order valence-electron chi connectivity index (χ3n) is 3.70. The fraction of sp³-hybridized carbons (Fsp3) is 0.765. The van der Waals surface area contributed by atoms with E-state index in [1.807, 2.05) is 9.80 Å². The van der Waals surface area contributed by atoms with Crippen molar-refractivity contribution in [3.63, 3.8) is 0 Å². The normalized spacial score (nSPS) is 15.5. The van der Waals surface area contributed by atoms with Gasteiger partial charge < -0.3 is 18.9 Å². The molecule has 0 aliphatic carbocycles. The van der Waals surface area contributed by atoms with Crippen LogP contribution in [0.2, 0.25) is 0 Å². The summed E-state index contributed by atoms with van der Waals surface area (Å²) in [6, 6.07) is 0. The Balaban J connectivity index is 2.26. The lowest BCUT2D eigenvalue weighted by molar-refractivity contribution is -0.159. The molecule has 1 fully saturated rings. The largest absolute Gasteiger partial charge is 0.463 e. The Morgan fingerprint density at radius 2 is 1.04 bits per heavy atom. The van der Waals surface area contributed by atoms with E-state index < -0.39 is 23.9 Å². The van der Waals surface area contributed by atoms with Gasteiger partial charge in [0, 0.05) is 26.2 Å². The van der Waals surface area contributed by atoms with Crippen LogP contribution in [0, 0.1) is 0 Å². The fourth-order valence-electron chi connectivity index (χ4n) is 2.48. The van der Waals surface area contributed by atoms with Gasteiger partial charge in [0.1, 0.15) is 0 Å². The Hall–Kier alpha value is -2.20. The van der Waals surface area contributed by atoms with E-state index in [0.29, 0.717) is 26.2 Å². The molecule has 1 aliphatic rings. The molecule has 10 heteroatoms. The summed E-state index contributed by atoms with van der Waals surface area (Å²) in [5.74, 6) is -2.14. The molecule has 0 unspecified atom stereocenters. The van der Waals surface area contributed by atoms with Gasteiger partial charge in [-0.3, -0.25) is 19.4 Å². The molecule has 0 bridgehead atoms. The van der Waals surface area contributed by atoms with E-state index in [2.05, 4.69) is 0 Å². The second-order valence-electron chi connectivity index (χ2n) is 5.84. The van der Waals surface area contributed by atoms with Gasteiger partial charge in [0.2, 0.25) is 0 Å². The first-order valence-corrected chi connectivity index (χ1v) is 9.01. The standard InChI is InChI=1S/C17H28N2O8/c1-3-24-16(22)12-26-14(20)10-18-6-5-7-19(9-8-18)11-15(21)27-13-17(23)25-4-2/h3-13H2,1-2H3. The number of hydrogen-bond acceptors (Lipinski definition) is 10. The first kappa shape index (κ1) is 22.8. The number of carbonyl (C=O) groups excluding carboxylic acids is 4. The average molecular weight is 388 g/mol. The number of ether oxygens (including phenoxy) is 4. The zero-order chi connectivity index (χ0) is 20.1. The highest BCUT2D eigenvalue weighted by Gasteiger charge is 2.20. The Morgan fingerprint density at radius 1 is 0.630 bits per heavy atom. The van der Waals surface area contributed by atoms with Crippen LogP contribution in [0.3, 0.4) is 0 Å². The van der Waals surface area contributed by atoms with Crippen LogP contribution in [0.5, 0.6) is 0 Å².